The van der Waals surface area contributed by atoms with Crippen molar-refractivity contribution < 1.29 is 39.9 Å². The molecule has 0 aromatic heterocycles. The van der Waals surface area contributed by atoms with Crippen LogP contribution in [0.4, 0.5) is 0 Å². The summed E-state index contributed by atoms with van der Waals surface area (Å²) in [7, 11) is 0. The predicted molar refractivity (Wildman–Crippen MR) is 145 cm³/mol. The number of aliphatic hydroxyl groups is 4. The van der Waals surface area contributed by atoms with Crippen molar-refractivity contribution in [3.05, 3.63) is 11.1 Å². The highest BCUT2D eigenvalue weighted by Crippen LogP contribution is 2.74. The third-order valence-corrected chi connectivity index (χ3v) is 12.1. The zero-order chi connectivity index (χ0) is 29.3. The van der Waals surface area contributed by atoms with Gasteiger partial charge >= 0.3 is 11.9 Å². The zero-order valence-electron chi connectivity index (χ0n) is 24.7. The van der Waals surface area contributed by atoms with Crippen LogP contribution in [0.5, 0.6) is 0 Å². The van der Waals surface area contributed by atoms with Crippen LogP contribution >= 0.6 is 0 Å². The zero-order valence-corrected chi connectivity index (χ0v) is 24.7. The summed E-state index contributed by atoms with van der Waals surface area (Å²) in [5.74, 6) is -1.47. The van der Waals surface area contributed by atoms with E-state index in [9.17, 15) is 35.1 Å². The van der Waals surface area contributed by atoms with Gasteiger partial charge in [-0.1, -0.05) is 27.7 Å². The summed E-state index contributed by atoms with van der Waals surface area (Å²) in [6.07, 6.45) is 1.43. The molecule has 0 aromatic rings. The molecule has 5 N–H and O–H groups in total. The van der Waals surface area contributed by atoms with Gasteiger partial charge in [0, 0.05) is 12.5 Å². The molecule has 0 spiro atoms. The van der Waals surface area contributed by atoms with Crippen molar-refractivity contribution in [2.75, 3.05) is 0 Å². The molecule has 0 saturated heterocycles. The topological polar surface area (TPSA) is 145 Å². The van der Waals surface area contributed by atoms with Crippen molar-refractivity contribution in [1.82, 2.24) is 0 Å². The molecule has 222 valence electrons. The van der Waals surface area contributed by atoms with Gasteiger partial charge in [-0.05, 0) is 111 Å². The van der Waals surface area contributed by atoms with E-state index in [4.69, 9.17) is 4.74 Å². The molecule has 0 aliphatic heterocycles. The van der Waals surface area contributed by atoms with Crippen LogP contribution in [0.1, 0.15) is 99.8 Å². The molecule has 4 aliphatic carbocycles. The van der Waals surface area contributed by atoms with Gasteiger partial charge in [0.05, 0.1) is 23.9 Å². The number of carbonyl (C=O) groups is 2. The van der Waals surface area contributed by atoms with Gasteiger partial charge in [-0.3, -0.25) is 4.79 Å². The fraction of sp³-hybridized carbons (Fsp3) is 0.871. The number of hydrogen-bond acceptors (Lipinski definition) is 7. The number of fused-ring (bicyclic) bond motifs is 5. The molecule has 39 heavy (non-hydrogen) atoms. The van der Waals surface area contributed by atoms with Gasteiger partial charge in [-0.15, -0.1) is 0 Å². The van der Waals surface area contributed by atoms with Crippen molar-refractivity contribution in [2.24, 2.45) is 39.9 Å². The van der Waals surface area contributed by atoms with Gasteiger partial charge in [-0.25, -0.2) is 4.79 Å². The second kappa shape index (κ2) is 10.1. The van der Waals surface area contributed by atoms with Crippen LogP contribution in [0.2, 0.25) is 0 Å². The van der Waals surface area contributed by atoms with E-state index < -0.39 is 41.3 Å². The van der Waals surface area contributed by atoms with E-state index in [0.717, 1.165) is 19.3 Å². The predicted octanol–water partition coefficient (Wildman–Crippen LogP) is 3.83. The molecule has 0 aromatic carbocycles. The second-order valence-corrected chi connectivity index (χ2v) is 14.5. The number of carboxylic acids is 1. The Morgan fingerprint density at radius 1 is 1.08 bits per heavy atom. The molecule has 8 nitrogen and oxygen atoms in total. The SMILES string of the molecule is CC(=O)O[C@@H]1C[C@@]2(C)[C@@H](C[C@@H](O)[C@H]3[C@@]4(C)CC[C@@H](O)[C@@H](C)[C@@H]4CC[C@@]32C)/C1=C(\CCC(O)C(C)(C)O)C(=O)O. The quantitative estimate of drug-likeness (QED) is 0.248. The maximum absolute atomic E-state index is 12.7. The lowest BCUT2D eigenvalue weighted by atomic mass is 9.36. The first-order valence-corrected chi connectivity index (χ1v) is 14.8. The number of aliphatic carboxylic acids is 1. The Bertz CT molecular complexity index is 1010. The maximum atomic E-state index is 12.7. The standard InChI is InChI=1S/C31H50O8/c1-16-19-10-13-30(6)26(29(19,5)12-11-21(16)33)22(34)14-20-25(23(39-17(2)32)15-31(20,30)7)18(27(36)37)8-9-24(35)28(3,4)38/h16,19-24,26,33-35,38H,8-15H2,1-7H3,(H,36,37)/b25-18-/t16-,19-,20-,21+,22+,23+,24?,26-,29-,30-,31-/m0/s1. The summed E-state index contributed by atoms with van der Waals surface area (Å²) in [5, 5.41) is 53.6. The molecule has 11 atom stereocenters. The van der Waals surface area contributed by atoms with Gasteiger partial charge in [0.1, 0.15) is 6.10 Å². The van der Waals surface area contributed by atoms with Crippen molar-refractivity contribution in [1.29, 1.82) is 0 Å². The third kappa shape index (κ3) is 4.77. The number of carbonyl (C=O) groups excluding carboxylic acids is 1. The minimum atomic E-state index is -1.38. The van der Waals surface area contributed by atoms with Crippen LogP contribution < -0.4 is 0 Å². The van der Waals surface area contributed by atoms with Crippen molar-refractivity contribution >= 4 is 11.9 Å². The molecule has 4 saturated carbocycles. The Hall–Kier alpha value is -1.48. The molecule has 0 heterocycles. The lowest BCUT2D eigenvalue weighted by molar-refractivity contribution is -0.234. The minimum absolute atomic E-state index is 0.0194. The smallest absolute Gasteiger partial charge is 0.331 e. The van der Waals surface area contributed by atoms with Crippen molar-refractivity contribution in [2.45, 2.75) is 130 Å². The Balaban J connectivity index is 1.80. The van der Waals surface area contributed by atoms with Crippen LogP contribution in [0, 0.1) is 39.9 Å². The number of aliphatic hydroxyl groups excluding tert-OH is 3. The lowest BCUT2D eigenvalue weighted by Gasteiger charge is -2.69. The van der Waals surface area contributed by atoms with Gasteiger partial charge in [-0.2, -0.15) is 0 Å². The molecule has 8 heteroatoms. The van der Waals surface area contributed by atoms with Gasteiger partial charge in [0.15, 0.2) is 0 Å². The van der Waals surface area contributed by atoms with E-state index in [0.29, 0.717) is 30.8 Å². The van der Waals surface area contributed by atoms with E-state index in [-0.39, 0.29) is 53.1 Å². The van der Waals surface area contributed by atoms with Gasteiger partial charge in [0.25, 0.3) is 0 Å². The van der Waals surface area contributed by atoms with Crippen molar-refractivity contribution in [3.8, 4) is 0 Å². The fourth-order valence-electron chi connectivity index (χ4n) is 9.92. The van der Waals surface area contributed by atoms with Crippen LogP contribution in [-0.2, 0) is 14.3 Å². The average molecular weight is 551 g/mol. The number of esters is 1. The highest BCUT2D eigenvalue weighted by molar-refractivity contribution is 5.88. The first-order valence-electron chi connectivity index (χ1n) is 14.8. The van der Waals surface area contributed by atoms with E-state index in [1.807, 2.05) is 0 Å². The largest absolute Gasteiger partial charge is 0.478 e. The minimum Gasteiger partial charge on any atom is -0.478 e. The summed E-state index contributed by atoms with van der Waals surface area (Å²) in [4.78, 5) is 24.9. The van der Waals surface area contributed by atoms with Crippen molar-refractivity contribution in [3.63, 3.8) is 0 Å². The summed E-state index contributed by atoms with van der Waals surface area (Å²) < 4.78 is 5.82. The Morgan fingerprint density at radius 2 is 1.72 bits per heavy atom. The number of rotatable bonds is 6. The van der Waals surface area contributed by atoms with Gasteiger partial charge in [0.2, 0.25) is 0 Å². The van der Waals surface area contributed by atoms with Crippen LogP contribution in [-0.4, -0.2) is 67.5 Å². The van der Waals surface area contributed by atoms with E-state index >= 15 is 0 Å². The molecule has 0 bridgehead atoms. The molecule has 0 amide bonds. The number of hydrogen-bond donors (Lipinski definition) is 5. The van der Waals surface area contributed by atoms with E-state index in [1.165, 1.54) is 20.8 Å². The third-order valence-electron chi connectivity index (χ3n) is 12.1. The van der Waals surface area contributed by atoms with E-state index in [2.05, 4.69) is 27.7 Å². The average Bonchev–Trinajstić information content (AvgIpc) is 3.07. The van der Waals surface area contributed by atoms with Crippen LogP contribution in [0.3, 0.4) is 0 Å². The van der Waals surface area contributed by atoms with E-state index in [1.54, 1.807) is 0 Å². The van der Waals surface area contributed by atoms with Crippen LogP contribution in [0.25, 0.3) is 0 Å². The normalized spacial score (nSPS) is 46.0. The Morgan fingerprint density at radius 3 is 2.28 bits per heavy atom. The Labute approximate surface area is 232 Å². The maximum Gasteiger partial charge on any atom is 0.331 e. The highest BCUT2D eigenvalue weighted by Gasteiger charge is 2.70. The monoisotopic (exact) mass is 550 g/mol. The first kappa shape index (κ1) is 30.5. The molecular formula is C31H50O8. The molecule has 0 radical (unpaired) electrons. The first-order chi connectivity index (χ1) is 17.9. The lowest BCUT2D eigenvalue weighted by Crippen LogP contribution is -2.65. The fourth-order valence-corrected chi connectivity index (χ4v) is 9.92. The molecule has 4 rings (SSSR count). The van der Waals surface area contributed by atoms with Gasteiger partial charge < -0.3 is 30.3 Å². The summed E-state index contributed by atoms with van der Waals surface area (Å²) in [5.41, 5.74) is -1.62. The highest BCUT2D eigenvalue weighted by atomic mass is 16.5. The molecule has 4 fully saturated rings. The molecular weight excluding hydrogens is 500 g/mol. The number of ether oxygens (including phenoxy) is 1. The number of carboxylic acid groups (broad SMARTS) is 1. The van der Waals surface area contributed by atoms with Crippen LogP contribution in [0.15, 0.2) is 11.1 Å². The summed E-state index contributed by atoms with van der Waals surface area (Å²) in [6, 6.07) is 0. The summed E-state index contributed by atoms with van der Waals surface area (Å²) >= 11 is 0. The summed E-state index contributed by atoms with van der Waals surface area (Å²) in [6.45, 7) is 13.2. The molecule has 4 aliphatic rings. The molecule has 1 unspecified atom stereocenters. The second-order valence-electron chi connectivity index (χ2n) is 14.5. The Kier molecular flexibility index (Phi) is 7.90.